The minimum Gasteiger partial charge on any atom is -0.165 e. The van der Waals surface area contributed by atoms with Gasteiger partial charge in [0.1, 0.15) is 4.88 Å². The Bertz CT molecular complexity index is 301. The zero-order valence-electron chi connectivity index (χ0n) is 7.07. The highest BCUT2D eigenvalue weighted by atomic mass is 35.5. The van der Waals surface area contributed by atoms with E-state index < -0.39 is 11.1 Å². The van der Waals surface area contributed by atoms with Gasteiger partial charge in [-0.25, -0.2) is 0 Å². The molecule has 0 fully saturated rings. The van der Waals surface area contributed by atoms with Crippen molar-refractivity contribution in [3.8, 4) is 0 Å². The molecular formula is C8H8ClF3S. The Hall–Kier alpha value is -0.220. The number of thiophene rings is 1. The SMILES string of the molecule is CC(C)c1cc(Cl)c(C(F)(F)F)s1. The van der Waals surface area contributed by atoms with Crippen molar-refractivity contribution >= 4 is 22.9 Å². The zero-order chi connectivity index (χ0) is 10.2. The van der Waals surface area contributed by atoms with E-state index in [1.165, 1.54) is 6.07 Å². The van der Waals surface area contributed by atoms with Crippen LogP contribution >= 0.6 is 22.9 Å². The summed E-state index contributed by atoms with van der Waals surface area (Å²) in [6.45, 7) is 3.67. The molecule has 0 saturated carbocycles. The molecule has 0 nitrogen and oxygen atoms in total. The average molecular weight is 229 g/mol. The van der Waals surface area contributed by atoms with Crippen LogP contribution in [-0.2, 0) is 6.18 Å². The highest BCUT2D eigenvalue weighted by Crippen LogP contribution is 2.42. The first-order valence-corrected chi connectivity index (χ1v) is 4.88. The lowest BCUT2D eigenvalue weighted by atomic mass is 10.2. The monoisotopic (exact) mass is 228 g/mol. The Morgan fingerprint density at radius 3 is 2.15 bits per heavy atom. The maximum atomic E-state index is 12.3. The highest BCUT2D eigenvalue weighted by Gasteiger charge is 2.35. The van der Waals surface area contributed by atoms with E-state index in [4.69, 9.17) is 11.6 Å². The van der Waals surface area contributed by atoms with Gasteiger partial charge in [0.15, 0.2) is 0 Å². The molecule has 0 atom stereocenters. The first kappa shape index (κ1) is 10.9. The van der Waals surface area contributed by atoms with Gasteiger partial charge in [-0.2, -0.15) is 13.2 Å². The number of alkyl halides is 3. The largest absolute Gasteiger partial charge is 0.427 e. The van der Waals surface area contributed by atoms with Gasteiger partial charge < -0.3 is 0 Å². The second-order valence-electron chi connectivity index (χ2n) is 2.98. The van der Waals surface area contributed by atoms with Crippen molar-refractivity contribution in [2.75, 3.05) is 0 Å². The first-order valence-electron chi connectivity index (χ1n) is 3.68. The molecule has 1 heterocycles. The minimum absolute atomic E-state index is 0.0820. The van der Waals surface area contributed by atoms with Gasteiger partial charge in [-0.3, -0.25) is 0 Å². The molecule has 0 aliphatic heterocycles. The molecule has 13 heavy (non-hydrogen) atoms. The van der Waals surface area contributed by atoms with Crippen molar-refractivity contribution in [2.24, 2.45) is 0 Å². The predicted octanol–water partition coefficient (Wildman–Crippen LogP) is 4.54. The molecule has 0 N–H and O–H groups in total. The van der Waals surface area contributed by atoms with E-state index in [-0.39, 0.29) is 10.9 Å². The minimum atomic E-state index is -4.32. The van der Waals surface area contributed by atoms with Crippen LogP contribution in [0.25, 0.3) is 0 Å². The molecule has 0 aliphatic rings. The molecule has 0 saturated heterocycles. The molecule has 0 unspecified atom stereocenters. The fourth-order valence-electron chi connectivity index (χ4n) is 0.864. The van der Waals surface area contributed by atoms with Crippen LogP contribution in [0.3, 0.4) is 0 Å². The molecule has 0 radical (unpaired) electrons. The molecule has 1 aromatic rings. The van der Waals surface area contributed by atoms with Crippen molar-refractivity contribution < 1.29 is 13.2 Å². The lowest BCUT2D eigenvalue weighted by Gasteiger charge is -2.02. The Kier molecular flexibility index (Phi) is 2.92. The van der Waals surface area contributed by atoms with E-state index in [1.807, 2.05) is 13.8 Å². The third-order valence-corrected chi connectivity index (χ3v) is 3.42. The third kappa shape index (κ3) is 2.38. The molecule has 0 spiro atoms. The summed E-state index contributed by atoms with van der Waals surface area (Å²) in [6.07, 6.45) is -4.32. The summed E-state index contributed by atoms with van der Waals surface area (Å²) in [5.41, 5.74) is 0. The van der Waals surface area contributed by atoms with Gasteiger partial charge in [0.05, 0.1) is 5.02 Å². The van der Waals surface area contributed by atoms with E-state index in [9.17, 15) is 13.2 Å². The molecule has 0 aromatic carbocycles. The van der Waals surface area contributed by atoms with Crippen LogP contribution in [0, 0.1) is 0 Å². The first-order chi connectivity index (χ1) is 5.82. The van der Waals surface area contributed by atoms with Gasteiger partial charge in [0.25, 0.3) is 0 Å². The maximum Gasteiger partial charge on any atom is 0.427 e. The fraction of sp³-hybridized carbons (Fsp3) is 0.500. The Balaban J connectivity index is 3.11. The van der Waals surface area contributed by atoms with E-state index in [0.717, 1.165) is 11.3 Å². The predicted molar refractivity (Wildman–Crippen MR) is 48.4 cm³/mol. The van der Waals surface area contributed by atoms with Crippen LogP contribution in [0.1, 0.15) is 29.5 Å². The molecule has 0 bridgehead atoms. The van der Waals surface area contributed by atoms with Crippen molar-refractivity contribution in [1.29, 1.82) is 0 Å². The van der Waals surface area contributed by atoms with Crippen LogP contribution in [-0.4, -0.2) is 0 Å². The van der Waals surface area contributed by atoms with Gasteiger partial charge in [-0.1, -0.05) is 25.4 Å². The molecule has 5 heteroatoms. The lowest BCUT2D eigenvalue weighted by molar-refractivity contribution is -0.134. The second-order valence-corrected chi connectivity index (χ2v) is 4.47. The smallest absolute Gasteiger partial charge is 0.165 e. The zero-order valence-corrected chi connectivity index (χ0v) is 8.65. The van der Waals surface area contributed by atoms with Crippen LogP contribution < -0.4 is 0 Å². The van der Waals surface area contributed by atoms with Crippen molar-refractivity contribution in [2.45, 2.75) is 25.9 Å². The van der Waals surface area contributed by atoms with Crippen LogP contribution in [0.5, 0.6) is 0 Å². The molecule has 1 aromatic heterocycles. The van der Waals surface area contributed by atoms with Gasteiger partial charge in [0, 0.05) is 4.88 Å². The summed E-state index contributed by atoms with van der Waals surface area (Å²) in [6, 6.07) is 1.39. The Morgan fingerprint density at radius 1 is 1.38 bits per heavy atom. The van der Waals surface area contributed by atoms with E-state index in [1.54, 1.807) is 0 Å². The standard InChI is InChI=1S/C8H8ClF3S/c1-4(2)6-3-5(9)7(13-6)8(10,11)12/h3-4H,1-2H3. The number of rotatable bonds is 1. The lowest BCUT2D eigenvalue weighted by Crippen LogP contribution is -2.01. The summed E-state index contributed by atoms with van der Waals surface area (Å²) >= 11 is 6.18. The quantitative estimate of drug-likeness (QED) is 0.662. The van der Waals surface area contributed by atoms with Gasteiger partial charge in [-0.15, -0.1) is 11.3 Å². The summed E-state index contributed by atoms with van der Waals surface area (Å²) in [7, 11) is 0. The summed E-state index contributed by atoms with van der Waals surface area (Å²) in [5.74, 6) is 0.0820. The van der Waals surface area contributed by atoms with Crippen molar-refractivity contribution in [3.63, 3.8) is 0 Å². The molecule has 1 rings (SSSR count). The fourth-order valence-corrected chi connectivity index (χ4v) is 2.19. The Labute approximate surface area is 83.3 Å². The summed E-state index contributed by atoms with van der Waals surface area (Å²) < 4.78 is 36.8. The van der Waals surface area contributed by atoms with Gasteiger partial charge in [-0.05, 0) is 12.0 Å². The summed E-state index contributed by atoms with van der Waals surface area (Å²) in [5, 5.41) is -0.193. The number of hydrogen-bond donors (Lipinski definition) is 0. The molecule has 74 valence electrons. The van der Waals surface area contributed by atoms with Crippen LogP contribution in [0.15, 0.2) is 6.07 Å². The number of halogens is 4. The third-order valence-electron chi connectivity index (χ3n) is 1.53. The summed E-state index contributed by atoms with van der Waals surface area (Å²) in [4.78, 5) is -0.0322. The normalized spacial score (nSPS) is 12.5. The van der Waals surface area contributed by atoms with Gasteiger partial charge >= 0.3 is 6.18 Å². The molecule has 0 amide bonds. The molecular weight excluding hydrogens is 221 g/mol. The van der Waals surface area contributed by atoms with Gasteiger partial charge in [0.2, 0.25) is 0 Å². The maximum absolute atomic E-state index is 12.3. The second kappa shape index (κ2) is 3.50. The number of hydrogen-bond acceptors (Lipinski definition) is 1. The average Bonchev–Trinajstić information content (AvgIpc) is 2.29. The van der Waals surface area contributed by atoms with E-state index in [0.29, 0.717) is 4.88 Å². The van der Waals surface area contributed by atoms with Crippen molar-refractivity contribution in [3.05, 3.63) is 20.8 Å². The molecule has 0 aliphatic carbocycles. The van der Waals surface area contributed by atoms with Crippen molar-refractivity contribution in [1.82, 2.24) is 0 Å². The van der Waals surface area contributed by atoms with E-state index in [2.05, 4.69) is 0 Å². The van der Waals surface area contributed by atoms with Crippen LogP contribution in [0.4, 0.5) is 13.2 Å². The highest BCUT2D eigenvalue weighted by molar-refractivity contribution is 7.12. The Morgan fingerprint density at radius 2 is 1.92 bits per heavy atom. The van der Waals surface area contributed by atoms with E-state index >= 15 is 0 Å². The topological polar surface area (TPSA) is 0 Å². The van der Waals surface area contributed by atoms with Crippen LogP contribution in [0.2, 0.25) is 5.02 Å².